The maximum Gasteiger partial charge on any atom is 0.0602 e. The summed E-state index contributed by atoms with van der Waals surface area (Å²) in [7, 11) is 1.89. The van der Waals surface area contributed by atoms with Crippen molar-refractivity contribution >= 4 is 0 Å². The SMILES string of the molecule is COC1CCCC1C1CCCNCC1. The Labute approximate surface area is 87.4 Å². The Morgan fingerprint density at radius 2 is 1.93 bits per heavy atom. The van der Waals surface area contributed by atoms with Gasteiger partial charge >= 0.3 is 0 Å². The molecule has 0 spiro atoms. The van der Waals surface area contributed by atoms with Crippen LogP contribution < -0.4 is 5.32 Å². The molecule has 14 heavy (non-hydrogen) atoms. The molecular weight excluding hydrogens is 174 g/mol. The van der Waals surface area contributed by atoms with E-state index in [2.05, 4.69) is 5.32 Å². The number of nitrogens with one attached hydrogen (secondary N) is 1. The van der Waals surface area contributed by atoms with Crippen LogP contribution in [0.1, 0.15) is 38.5 Å². The summed E-state index contributed by atoms with van der Waals surface area (Å²) in [5.74, 6) is 1.79. The average Bonchev–Trinajstić information content (AvgIpc) is 2.52. The number of methoxy groups -OCH3 is 1. The van der Waals surface area contributed by atoms with Gasteiger partial charge in [0.1, 0.15) is 0 Å². The Bertz CT molecular complexity index is 164. The summed E-state index contributed by atoms with van der Waals surface area (Å²) in [4.78, 5) is 0. The molecule has 1 aliphatic carbocycles. The van der Waals surface area contributed by atoms with E-state index >= 15 is 0 Å². The summed E-state index contributed by atoms with van der Waals surface area (Å²) < 4.78 is 5.60. The highest BCUT2D eigenvalue weighted by atomic mass is 16.5. The van der Waals surface area contributed by atoms with Gasteiger partial charge in [-0.15, -0.1) is 0 Å². The van der Waals surface area contributed by atoms with Crippen LogP contribution in [0.2, 0.25) is 0 Å². The van der Waals surface area contributed by atoms with Crippen LogP contribution in [0.15, 0.2) is 0 Å². The third-order valence-electron chi connectivity index (χ3n) is 4.03. The molecule has 1 saturated carbocycles. The maximum absolute atomic E-state index is 5.60. The second kappa shape index (κ2) is 5.13. The second-order valence-corrected chi connectivity index (χ2v) is 4.81. The van der Waals surface area contributed by atoms with Crippen molar-refractivity contribution in [1.29, 1.82) is 0 Å². The number of hydrogen-bond donors (Lipinski definition) is 1. The van der Waals surface area contributed by atoms with Crippen molar-refractivity contribution < 1.29 is 4.74 Å². The normalized spacial score (nSPS) is 39.6. The van der Waals surface area contributed by atoms with E-state index in [-0.39, 0.29) is 0 Å². The minimum absolute atomic E-state index is 0.568. The summed E-state index contributed by atoms with van der Waals surface area (Å²) in [6.07, 6.45) is 8.79. The van der Waals surface area contributed by atoms with Crippen molar-refractivity contribution in [3.8, 4) is 0 Å². The van der Waals surface area contributed by atoms with E-state index in [1.54, 1.807) is 0 Å². The molecule has 3 unspecified atom stereocenters. The summed E-state index contributed by atoms with van der Waals surface area (Å²) in [5, 5.41) is 3.49. The van der Waals surface area contributed by atoms with Gasteiger partial charge in [-0.1, -0.05) is 6.42 Å². The summed E-state index contributed by atoms with van der Waals surface area (Å²) >= 11 is 0. The lowest BCUT2D eigenvalue weighted by Gasteiger charge is -2.26. The number of rotatable bonds is 2. The maximum atomic E-state index is 5.60. The van der Waals surface area contributed by atoms with E-state index < -0.39 is 0 Å². The molecule has 2 heteroatoms. The summed E-state index contributed by atoms with van der Waals surface area (Å²) in [5.41, 5.74) is 0. The van der Waals surface area contributed by atoms with Crippen LogP contribution in [0.25, 0.3) is 0 Å². The van der Waals surface area contributed by atoms with Gasteiger partial charge in [0.15, 0.2) is 0 Å². The summed E-state index contributed by atoms with van der Waals surface area (Å²) in [6.45, 7) is 2.44. The van der Waals surface area contributed by atoms with E-state index in [0.717, 1.165) is 11.8 Å². The molecule has 0 aromatic carbocycles. The fourth-order valence-corrected chi connectivity index (χ4v) is 3.26. The third kappa shape index (κ3) is 2.29. The Balaban J connectivity index is 1.91. The predicted molar refractivity (Wildman–Crippen MR) is 58.3 cm³/mol. The van der Waals surface area contributed by atoms with Gasteiger partial charge in [-0.05, 0) is 57.0 Å². The van der Waals surface area contributed by atoms with Gasteiger partial charge in [-0.2, -0.15) is 0 Å². The van der Waals surface area contributed by atoms with Gasteiger partial charge < -0.3 is 10.1 Å². The van der Waals surface area contributed by atoms with Gasteiger partial charge in [-0.3, -0.25) is 0 Å². The minimum atomic E-state index is 0.568. The molecule has 0 radical (unpaired) electrons. The zero-order valence-corrected chi connectivity index (χ0v) is 9.30. The van der Waals surface area contributed by atoms with E-state index in [0.29, 0.717) is 6.10 Å². The third-order valence-corrected chi connectivity index (χ3v) is 4.03. The van der Waals surface area contributed by atoms with E-state index in [1.165, 1.54) is 51.6 Å². The Morgan fingerprint density at radius 1 is 1.00 bits per heavy atom. The molecule has 2 nitrogen and oxygen atoms in total. The fourth-order valence-electron chi connectivity index (χ4n) is 3.26. The first-order valence-electron chi connectivity index (χ1n) is 6.15. The number of ether oxygens (including phenoxy) is 1. The molecule has 1 aliphatic heterocycles. The van der Waals surface area contributed by atoms with Crippen molar-refractivity contribution in [2.45, 2.75) is 44.6 Å². The molecule has 2 rings (SSSR count). The molecule has 1 heterocycles. The Hall–Kier alpha value is -0.0800. The van der Waals surface area contributed by atoms with Crippen LogP contribution in [0.5, 0.6) is 0 Å². The molecule has 0 amide bonds. The van der Waals surface area contributed by atoms with E-state index in [1.807, 2.05) is 7.11 Å². The lowest BCUT2D eigenvalue weighted by molar-refractivity contribution is 0.0446. The lowest BCUT2D eigenvalue weighted by atomic mass is 9.84. The first kappa shape index (κ1) is 10.4. The molecule has 0 bridgehead atoms. The van der Waals surface area contributed by atoms with Gasteiger partial charge in [0.25, 0.3) is 0 Å². The highest BCUT2D eigenvalue weighted by Crippen LogP contribution is 2.37. The minimum Gasteiger partial charge on any atom is -0.381 e. The molecule has 3 atom stereocenters. The van der Waals surface area contributed by atoms with Crippen LogP contribution in [0.4, 0.5) is 0 Å². The highest BCUT2D eigenvalue weighted by molar-refractivity contribution is 4.84. The van der Waals surface area contributed by atoms with E-state index in [4.69, 9.17) is 4.74 Å². The molecular formula is C12H23NO. The second-order valence-electron chi connectivity index (χ2n) is 4.81. The van der Waals surface area contributed by atoms with Crippen molar-refractivity contribution in [3.63, 3.8) is 0 Å². The molecule has 1 N–H and O–H groups in total. The zero-order chi connectivity index (χ0) is 9.80. The smallest absolute Gasteiger partial charge is 0.0602 e. The van der Waals surface area contributed by atoms with Crippen molar-refractivity contribution in [3.05, 3.63) is 0 Å². The van der Waals surface area contributed by atoms with Crippen LogP contribution in [0.3, 0.4) is 0 Å². The van der Waals surface area contributed by atoms with Crippen LogP contribution >= 0.6 is 0 Å². The van der Waals surface area contributed by atoms with E-state index in [9.17, 15) is 0 Å². The fraction of sp³-hybridized carbons (Fsp3) is 1.00. The highest BCUT2D eigenvalue weighted by Gasteiger charge is 2.33. The topological polar surface area (TPSA) is 21.3 Å². The first-order valence-corrected chi connectivity index (χ1v) is 6.15. The van der Waals surface area contributed by atoms with Crippen molar-refractivity contribution in [2.24, 2.45) is 11.8 Å². The Morgan fingerprint density at radius 3 is 2.79 bits per heavy atom. The quantitative estimate of drug-likeness (QED) is 0.732. The number of hydrogen-bond acceptors (Lipinski definition) is 2. The van der Waals surface area contributed by atoms with Crippen LogP contribution in [-0.2, 0) is 4.74 Å². The standard InChI is InChI=1S/C12H23NO/c1-14-12-6-2-5-11(12)10-4-3-8-13-9-7-10/h10-13H,2-9H2,1H3. The van der Waals surface area contributed by atoms with Crippen LogP contribution in [-0.4, -0.2) is 26.3 Å². The van der Waals surface area contributed by atoms with Crippen LogP contribution in [0, 0.1) is 11.8 Å². The molecule has 2 aliphatic rings. The monoisotopic (exact) mass is 197 g/mol. The van der Waals surface area contributed by atoms with Crippen molar-refractivity contribution in [2.75, 3.05) is 20.2 Å². The average molecular weight is 197 g/mol. The van der Waals surface area contributed by atoms with Crippen molar-refractivity contribution in [1.82, 2.24) is 5.32 Å². The molecule has 1 saturated heterocycles. The first-order chi connectivity index (χ1) is 6.92. The molecule has 2 fully saturated rings. The summed E-state index contributed by atoms with van der Waals surface area (Å²) in [6, 6.07) is 0. The Kier molecular flexibility index (Phi) is 3.82. The zero-order valence-electron chi connectivity index (χ0n) is 9.30. The molecule has 82 valence electrons. The van der Waals surface area contributed by atoms with Gasteiger partial charge in [0.05, 0.1) is 6.10 Å². The predicted octanol–water partition coefficient (Wildman–Crippen LogP) is 2.19. The lowest BCUT2D eigenvalue weighted by Crippen LogP contribution is -2.25. The van der Waals surface area contributed by atoms with Gasteiger partial charge in [0.2, 0.25) is 0 Å². The van der Waals surface area contributed by atoms with Gasteiger partial charge in [0, 0.05) is 7.11 Å². The molecule has 0 aromatic heterocycles. The molecule has 0 aromatic rings. The van der Waals surface area contributed by atoms with Gasteiger partial charge in [-0.25, -0.2) is 0 Å². The largest absolute Gasteiger partial charge is 0.381 e.